The van der Waals surface area contributed by atoms with Crippen molar-refractivity contribution in [1.29, 1.82) is 0 Å². The lowest BCUT2D eigenvalue weighted by atomic mass is 10.0. The minimum atomic E-state index is -0.297. The van der Waals surface area contributed by atoms with Crippen LogP contribution in [0.25, 0.3) is 0 Å². The number of fused-ring (bicyclic) bond motifs is 5. The Morgan fingerprint density at radius 2 is 2.05 bits per heavy atom. The molecule has 0 radical (unpaired) electrons. The van der Waals surface area contributed by atoms with Crippen molar-refractivity contribution in [3.8, 4) is 0 Å². The largest absolute Gasteiger partial charge is 0.355 e. The minimum absolute atomic E-state index is 0.212. The zero-order valence-corrected chi connectivity index (χ0v) is 10.7. The molecule has 1 aromatic heterocycles. The molecule has 19 heavy (non-hydrogen) atoms. The summed E-state index contributed by atoms with van der Waals surface area (Å²) in [5, 5.41) is 9.13. The highest BCUT2D eigenvalue weighted by molar-refractivity contribution is 5.82. The van der Waals surface area contributed by atoms with Crippen molar-refractivity contribution in [3.63, 3.8) is 0 Å². The maximum atomic E-state index is 12.1. The molecule has 3 fully saturated rings. The highest BCUT2D eigenvalue weighted by atomic mass is 16.2. The van der Waals surface area contributed by atoms with E-state index >= 15 is 0 Å². The second-order valence-corrected chi connectivity index (χ2v) is 6.18. The van der Waals surface area contributed by atoms with Gasteiger partial charge in [-0.3, -0.25) is 9.78 Å². The molecule has 3 N–H and O–H groups in total. The molecule has 1 heterocycles. The summed E-state index contributed by atoms with van der Waals surface area (Å²) in [4.78, 5) is 25.6. The van der Waals surface area contributed by atoms with Crippen molar-refractivity contribution in [2.24, 2.45) is 29.6 Å². The van der Waals surface area contributed by atoms with Crippen LogP contribution in [0.3, 0.4) is 0 Å². The third-order valence-electron chi connectivity index (χ3n) is 5.25. The van der Waals surface area contributed by atoms with Crippen molar-refractivity contribution >= 4 is 5.91 Å². The standard InChI is InChI=1S/C13H18N4O2/c18-12(14-4-3-8-15-13(19)17-16-8)11-9-6-1-2-7(5-6)10(9)11/h6-7,9-11H,1-5H2,(H,14,18)(H2,15,16,17,19)/t6-,7+,9+,10-,11?. The van der Waals surface area contributed by atoms with E-state index in [1.807, 2.05) is 0 Å². The first-order valence-corrected chi connectivity index (χ1v) is 7.15. The van der Waals surface area contributed by atoms with Gasteiger partial charge in [0, 0.05) is 18.9 Å². The molecule has 3 aliphatic rings. The Hall–Kier alpha value is -1.59. The first kappa shape index (κ1) is 11.3. The highest BCUT2D eigenvalue weighted by Gasteiger charge is 2.67. The summed E-state index contributed by atoms with van der Waals surface area (Å²) in [6, 6.07) is 0. The van der Waals surface area contributed by atoms with E-state index in [9.17, 15) is 9.59 Å². The lowest BCUT2D eigenvalue weighted by Crippen LogP contribution is -2.29. The van der Waals surface area contributed by atoms with Crippen LogP contribution < -0.4 is 11.0 Å². The Morgan fingerprint density at radius 3 is 2.68 bits per heavy atom. The summed E-state index contributed by atoms with van der Waals surface area (Å²) < 4.78 is 0. The van der Waals surface area contributed by atoms with Gasteiger partial charge < -0.3 is 5.32 Å². The molecule has 6 nitrogen and oxygen atoms in total. The van der Waals surface area contributed by atoms with Gasteiger partial charge in [-0.15, -0.1) is 0 Å². The molecule has 3 aliphatic carbocycles. The molecule has 0 aromatic carbocycles. The fourth-order valence-electron chi connectivity index (χ4n) is 4.52. The van der Waals surface area contributed by atoms with Gasteiger partial charge in [0.05, 0.1) is 0 Å². The van der Waals surface area contributed by atoms with Crippen molar-refractivity contribution in [2.45, 2.75) is 25.7 Å². The van der Waals surface area contributed by atoms with E-state index in [4.69, 9.17) is 0 Å². The van der Waals surface area contributed by atoms with Crippen molar-refractivity contribution in [1.82, 2.24) is 20.5 Å². The quantitative estimate of drug-likeness (QED) is 0.716. The van der Waals surface area contributed by atoms with Gasteiger partial charge in [-0.05, 0) is 42.9 Å². The third kappa shape index (κ3) is 1.73. The summed E-state index contributed by atoms with van der Waals surface area (Å²) in [5.41, 5.74) is -0.297. The number of amides is 1. The van der Waals surface area contributed by atoms with Gasteiger partial charge in [0.15, 0.2) is 0 Å². The van der Waals surface area contributed by atoms with Crippen LogP contribution in [0.2, 0.25) is 0 Å². The molecule has 0 saturated heterocycles. The van der Waals surface area contributed by atoms with Gasteiger partial charge in [-0.2, -0.15) is 5.10 Å². The normalized spacial score (nSPS) is 38.2. The first-order valence-electron chi connectivity index (χ1n) is 7.15. The SMILES string of the molecule is O=C(NCCc1n[nH]c(=O)[nH]1)C1[C@@H]2[C@H]3CC[C@H](C3)[C@H]12. The fourth-order valence-corrected chi connectivity index (χ4v) is 4.52. The number of carbonyl (C=O) groups excluding carboxylic acids is 1. The molecule has 4 rings (SSSR count). The van der Waals surface area contributed by atoms with Crippen LogP contribution in [-0.4, -0.2) is 27.6 Å². The number of hydrogen-bond donors (Lipinski definition) is 3. The summed E-state index contributed by atoms with van der Waals surface area (Å²) in [6.07, 6.45) is 4.61. The molecule has 0 aliphatic heterocycles. The topological polar surface area (TPSA) is 90.6 Å². The molecule has 1 amide bonds. The number of rotatable bonds is 4. The van der Waals surface area contributed by atoms with Crippen molar-refractivity contribution in [3.05, 3.63) is 16.3 Å². The van der Waals surface area contributed by atoms with Crippen LogP contribution >= 0.6 is 0 Å². The van der Waals surface area contributed by atoms with Crippen LogP contribution in [0.4, 0.5) is 0 Å². The lowest BCUT2D eigenvalue weighted by Gasteiger charge is -2.08. The van der Waals surface area contributed by atoms with Gasteiger partial charge in [-0.25, -0.2) is 9.89 Å². The molecule has 3 saturated carbocycles. The van der Waals surface area contributed by atoms with E-state index < -0.39 is 0 Å². The Balaban J connectivity index is 1.28. The van der Waals surface area contributed by atoms with Crippen LogP contribution in [0.1, 0.15) is 25.1 Å². The number of nitrogens with zero attached hydrogens (tertiary/aromatic N) is 1. The van der Waals surface area contributed by atoms with E-state index in [0.29, 0.717) is 30.6 Å². The number of aromatic amines is 2. The van der Waals surface area contributed by atoms with Gasteiger partial charge in [0.1, 0.15) is 5.82 Å². The van der Waals surface area contributed by atoms with Crippen LogP contribution in [-0.2, 0) is 11.2 Å². The summed E-state index contributed by atoms with van der Waals surface area (Å²) in [5.74, 6) is 4.12. The molecule has 1 unspecified atom stereocenters. The highest BCUT2D eigenvalue weighted by Crippen LogP contribution is 2.69. The van der Waals surface area contributed by atoms with Gasteiger partial charge in [-0.1, -0.05) is 0 Å². The number of aromatic nitrogens is 3. The molecule has 102 valence electrons. The summed E-state index contributed by atoms with van der Waals surface area (Å²) in [6.45, 7) is 0.547. The summed E-state index contributed by atoms with van der Waals surface area (Å²) >= 11 is 0. The Labute approximate surface area is 110 Å². The van der Waals surface area contributed by atoms with Crippen LogP contribution in [0.5, 0.6) is 0 Å². The predicted octanol–water partition coefficient (Wildman–Crippen LogP) is 0.0488. The monoisotopic (exact) mass is 262 g/mol. The van der Waals surface area contributed by atoms with E-state index in [1.165, 1.54) is 19.3 Å². The molecule has 1 aromatic rings. The molecular formula is C13H18N4O2. The number of H-pyrrole nitrogens is 2. The molecule has 0 spiro atoms. The number of carbonyl (C=O) groups is 1. The van der Waals surface area contributed by atoms with Crippen LogP contribution in [0.15, 0.2) is 4.79 Å². The third-order valence-corrected chi connectivity index (χ3v) is 5.25. The van der Waals surface area contributed by atoms with Gasteiger partial charge >= 0.3 is 5.69 Å². The Bertz CT molecular complexity index is 547. The van der Waals surface area contributed by atoms with Crippen molar-refractivity contribution < 1.29 is 4.79 Å². The van der Waals surface area contributed by atoms with Gasteiger partial charge in [0.2, 0.25) is 5.91 Å². The second kappa shape index (κ2) is 3.95. The lowest BCUT2D eigenvalue weighted by molar-refractivity contribution is -0.123. The molecule has 6 heteroatoms. The predicted molar refractivity (Wildman–Crippen MR) is 67.2 cm³/mol. The molecule has 2 bridgehead atoms. The number of nitrogens with one attached hydrogen (secondary N) is 3. The molecular weight excluding hydrogens is 244 g/mol. The Morgan fingerprint density at radius 1 is 1.32 bits per heavy atom. The van der Waals surface area contributed by atoms with E-state index in [0.717, 1.165) is 11.8 Å². The second-order valence-electron chi connectivity index (χ2n) is 6.18. The average Bonchev–Trinajstić information content (AvgIpc) is 2.74. The van der Waals surface area contributed by atoms with E-state index in [1.54, 1.807) is 0 Å². The van der Waals surface area contributed by atoms with Crippen LogP contribution in [0, 0.1) is 29.6 Å². The van der Waals surface area contributed by atoms with Gasteiger partial charge in [0.25, 0.3) is 0 Å². The minimum Gasteiger partial charge on any atom is -0.355 e. The average molecular weight is 262 g/mol. The smallest absolute Gasteiger partial charge is 0.340 e. The van der Waals surface area contributed by atoms with E-state index in [2.05, 4.69) is 20.5 Å². The summed E-state index contributed by atoms with van der Waals surface area (Å²) in [7, 11) is 0. The molecule has 5 atom stereocenters. The fraction of sp³-hybridized carbons (Fsp3) is 0.769. The Kier molecular flexibility index (Phi) is 2.34. The maximum absolute atomic E-state index is 12.1. The van der Waals surface area contributed by atoms with Crippen molar-refractivity contribution in [2.75, 3.05) is 6.54 Å². The maximum Gasteiger partial charge on any atom is 0.340 e. The number of hydrogen-bond acceptors (Lipinski definition) is 3. The zero-order chi connectivity index (χ0) is 13.0. The zero-order valence-electron chi connectivity index (χ0n) is 10.7. The first-order chi connectivity index (χ1) is 9.24. The van der Waals surface area contributed by atoms with E-state index in [-0.39, 0.29) is 17.5 Å².